The molecular weight excluding hydrogens is 352 g/mol. The molecule has 2 N–H and O–H groups in total. The summed E-state index contributed by atoms with van der Waals surface area (Å²) in [6, 6.07) is 0. The van der Waals surface area contributed by atoms with Crippen LogP contribution in [0.4, 0.5) is 0 Å². The van der Waals surface area contributed by atoms with Gasteiger partial charge in [0.1, 0.15) is 0 Å². The number of carboxylic acids is 2. The van der Waals surface area contributed by atoms with Crippen LogP contribution in [0.1, 0.15) is 122 Å². The summed E-state index contributed by atoms with van der Waals surface area (Å²) in [6.07, 6.45) is 25.0. The molecule has 0 heterocycles. The highest BCUT2D eigenvalue weighted by Crippen LogP contribution is 2.14. The van der Waals surface area contributed by atoms with Crippen molar-refractivity contribution in [2.45, 2.75) is 122 Å². The average molecular weight is 397 g/mol. The summed E-state index contributed by atoms with van der Waals surface area (Å²) >= 11 is 0. The number of aliphatic carboxylic acids is 2. The van der Waals surface area contributed by atoms with Crippen molar-refractivity contribution in [2.24, 2.45) is 5.92 Å². The van der Waals surface area contributed by atoms with E-state index in [1.165, 1.54) is 89.9 Å². The van der Waals surface area contributed by atoms with Crippen LogP contribution in [0, 0.1) is 5.92 Å². The first-order valence-electron chi connectivity index (χ1n) is 11.7. The normalized spacial score (nSPS) is 12.5. The van der Waals surface area contributed by atoms with Gasteiger partial charge in [-0.1, -0.05) is 103 Å². The molecule has 0 bridgehead atoms. The molecule has 0 amide bonds. The zero-order valence-corrected chi connectivity index (χ0v) is 18.2. The summed E-state index contributed by atoms with van der Waals surface area (Å²) in [5, 5.41) is 17.7. The molecule has 0 aromatic rings. The topological polar surface area (TPSA) is 74.6 Å². The molecular formula is C24H44O4. The Hall–Kier alpha value is -1.32. The molecule has 28 heavy (non-hydrogen) atoms. The summed E-state index contributed by atoms with van der Waals surface area (Å²) in [6.45, 7) is 2.27. The summed E-state index contributed by atoms with van der Waals surface area (Å²) in [7, 11) is 0. The maximum atomic E-state index is 11.0. The standard InChI is InChI=1S/C24H44O4/c1-2-3-4-5-6-7-8-9-10-11-12-13-14-15-16-17-18-19-20-22(24(27)28)21-23(25)26/h17-18,22H,2-16,19-21H2,1H3,(H,25,26)(H,27,28)/b18-17+. The van der Waals surface area contributed by atoms with Gasteiger partial charge >= 0.3 is 11.9 Å². The lowest BCUT2D eigenvalue weighted by molar-refractivity contribution is -0.148. The van der Waals surface area contributed by atoms with Gasteiger partial charge in [-0.25, -0.2) is 0 Å². The van der Waals surface area contributed by atoms with E-state index in [0.717, 1.165) is 6.42 Å². The van der Waals surface area contributed by atoms with Crippen LogP contribution in [-0.2, 0) is 9.59 Å². The fraction of sp³-hybridized carbons (Fsp3) is 0.833. The third kappa shape index (κ3) is 19.4. The number of allylic oxidation sites excluding steroid dienone is 2. The molecule has 0 aliphatic heterocycles. The highest BCUT2D eigenvalue weighted by molar-refractivity contribution is 5.77. The molecule has 0 aromatic heterocycles. The molecule has 0 radical (unpaired) electrons. The molecule has 1 unspecified atom stereocenters. The second-order valence-electron chi connectivity index (χ2n) is 8.07. The minimum absolute atomic E-state index is 0.290. The monoisotopic (exact) mass is 396 g/mol. The fourth-order valence-corrected chi connectivity index (χ4v) is 3.51. The molecule has 0 aliphatic carbocycles. The Morgan fingerprint density at radius 1 is 0.679 bits per heavy atom. The molecule has 0 fully saturated rings. The Morgan fingerprint density at radius 2 is 1.11 bits per heavy atom. The van der Waals surface area contributed by atoms with E-state index >= 15 is 0 Å². The van der Waals surface area contributed by atoms with E-state index in [-0.39, 0.29) is 6.42 Å². The lowest BCUT2D eigenvalue weighted by Crippen LogP contribution is -2.17. The highest BCUT2D eigenvalue weighted by Gasteiger charge is 2.19. The van der Waals surface area contributed by atoms with Gasteiger partial charge in [-0.05, 0) is 25.7 Å². The molecule has 0 saturated heterocycles. The summed E-state index contributed by atoms with van der Waals surface area (Å²) in [4.78, 5) is 21.6. The predicted molar refractivity (Wildman–Crippen MR) is 117 cm³/mol. The van der Waals surface area contributed by atoms with E-state index in [1.54, 1.807) is 0 Å². The van der Waals surface area contributed by atoms with Crippen LogP contribution in [0.3, 0.4) is 0 Å². The Morgan fingerprint density at radius 3 is 1.54 bits per heavy atom. The predicted octanol–water partition coefficient (Wildman–Crippen LogP) is 7.37. The first-order chi connectivity index (χ1) is 13.6. The van der Waals surface area contributed by atoms with Crippen molar-refractivity contribution in [2.75, 3.05) is 0 Å². The van der Waals surface area contributed by atoms with Crippen molar-refractivity contribution in [3.05, 3.63) is 12.2 Å². The van der Waals surface area contributed by atoms with Crippen LogP contribution in [0.25, 0.3) is 0 Å². The van der Waals surface area contributed by atoms with Crippen molar-refractivity contribution in [3.8, 4) is 0 Å². The third-order valence-electron chi connectivity index (χ3n) is 5.34. The summed E-state index contributed by atoms with van der Waals surface area (Å²) in [5.74, 6) is -2.83. The molecule has 4 nitrogen and oxygen atoms in total. The van der Waals surface area contributed by atoms with Gasteiger partial charge in [-0.3, -0.25) is 9.59 Å². The number of hydrogen-bond donors (Lipinski definition) is 2. The van der Waals surface area contributed by atoms with Crippen LogP contribution in [0.5, 0.6) is 0 Å². The van der Waals surface area contributed by atoms with E-state index in [1.807, 2.05) is 6.08 Å². The zero-order chi connectivity index (χ0) is 20.9. The second-order valence-corrected chi connectivity index (χ2v) is 8.07. The van der Waals surface area contributed by atoms with Gasteiger partial charge in [0.05, 0.1) is 12.3 Å². The lowest BCUT2D eigenvalue weighted by Gasteiger charge is -2.07. The van der Waals surface area contributed by atoms with Crippen molar-refractivity contribution in [3.63, 3.8) is 0 Å². The van der Waals surface area contributed by atoms with Crippen LogP contribution < -0.4 is 0 Å². The fourth-order valence-electron chi connectivity index (χ4n) is 3.51. The molecule has 0 rings (SSSR count). The molecule has 0 aliphatic rings. The largest absolute Gasteiger partial charge is 0.481 e. The van der Waals surface area contributed by atoms with Gasteiger partial charge in [0.25, 0.3) is 0 Å². The van der Waals surface area contributed by atoms with E-state index in [4.69, 9.17) is 10.2 Å². The third-order valence-corrected chi connectivity index (χ3v) is 5.34. The lowest BCUT2D eigenvalue weighted by atomic mass is 9.99. The molecule has 4 heteroatoms. The Bertz CT molecular complexity index is 403. The molecule has 0 saturated carbocycles. The van der Waals surface area contributed by atoms with Gasteiger partial charge in [-0.15, -0.1) is 0 Å². The van der Waals surface area contributed by atoms with E-state index in [0.29, 0.717) is 12.8 Å². The molecule has 1 atom stereocenters. The summed E-state index contributed by atoms with van der Waals surface area (Å²) < 4.78 is 0. The van der Waals surface area contributed by atoms with E-state index < -0.39 is 17.9 Å². The van der Waals surface area contributed by atoms with Gasteiger partial charge in [0.2, 0.25) is 0 Å². The van der Waals surface area contributed by atoms with Gasteiger partial charge < -0.3 is 10.2 Å². The van der Waals surface area contributed by atoms with Crippen molar-refractivity contribution in [1.82, 2.24) is 0 Å². The van der Waals surface area contributed by atoms with Crippen molar-refractivity contribution < 1.29 is 19.8 Å². The Kier molecular flexibility index (Phi) is 19.5. The molecule has 164 valence electrons. The number of unbranched alkanes of at least 4 members (excludes halogenated alkanes) is 14. The minimum Gasteiger partial charge on any atom is -0.481 e. The van der Waals surface area contributed by atoms with Crippen molar-refractivity contribution >= 4 is 11.9 Å². The van der Waals surface area contributed by atoms with E-state index in [2.05, 4.69) is 13.0 Å². The maximum Gasteiger partial charge on any atom is 0.307 e. The summed E-state index contributed by atoms with van der Waals surface area (Å²) in [5.41, 5.74) is 0. The maximum absolute atomic E-state index is 11.0. The van der Waals surface area contributed by atoms with Crippen LogP contribution >= 0.6 is 0 Å². The smallest absolute Gasteiger partial charge is 0.307 e. The minimum atomic E-state index is -1.04. The zero-order valence-electron chi connectivity index (χ0n) is 18.2. The number of rotatable bonds is 21. The van der Waals surface area contributed by atoms with Crippen molar-refractivity contribution in [1.29, 1.82) is 0 Å². The van der Waals surface area contributed by atoms with E-state index in [9.17, 15) is 9.59 Å². The Balaban J connectivity index is 3.33. The van der Waals surface area contributed by atoms with Gasteiger partial charge in [-0.2, -0.15) is 0 Å². The SMILES string of the molecule is CCCCCCCCCCCCCCCC/C=C/CCC(CC(=O)O)C(=O)O. The number of carboxylic acid groups (broad SMARTS) is 2. The average Bonchev–Trinajstić information content (AvgIpc) is 2.65. The first-order valence-corrected chi connectivity index (χ1v) is 11.7. The molecule has 0 aromatic carbocycles. The second kappa shape index (κ2) is 20.4. The quantitative estimate of drug-likeness (QED) is 0.157. The van der Waals surface area contributed by atoms with Crippen LogP contribution in [-0.4, -0.2) is 22.2 Å². The number of hydrogen-bond acceptors (Lipinski definition) is 2. The highest BCUT2D eigenvalue weighted by atomic mass is 16.4. The van der Waals surface area contributed by atoms with Crippen LogP contribution in [0.2, 0.25) is 0 Å². The molecule has 0 spiro atoms. The Labute approximate surface area is 172 Å². The first kappa shape index (κ1) is 26.7. The number of carbonyl (C=O) groups is 2. The van der Waals surface area contributed by atoms with Gasteiger partial charge in [0, 0.05) is 0 Å². The van der Waals surface area contributed by atoms with Crippen LogP contribution in [0.15, 0.2) is 12.2 Å². The van der Waals surface area contributed by atoms with Gasteiger partial charge in [0.15, 0.2) is 0 Å².